The predicted molar refractivity (Wildman–Crippen MR) is 69.1 cm³/mol. The normalized spacial score (nSPS) is 16.7. The van der Waals surface area contributed by atoms with Crippen molar-refractivity contribution in [2.75, 3.05) is 19.5 Å². The molecule has 0 unspecified atom stereocenters. The molecular weight excluding hydrogens is 228 g/mol. The molecule has 0 aliphatic heterocycles. The van der Waals surface area contributed by atoms with Crippen LogP contribution >= 0.6 is 0 Å². The van der Waals surface area contributed by atoms with Gasteiger partial charge in [-0.3, -0.25) is 0 Å². The van der Waals surface area contributed by atoms with Gasteiger partial charge in [-0.1, -0.05) is 29.4 Å². The minimum absolute atomic E-state index is 0.246. The maximum atomic E-state index is 5.52. The monoisotopic (exact) mass is 244 g/mol. The van der Waals surface area contributed by atoms with Crippen molar-refractivity contribution < 1.29 is 9.26 Å². The number of nitrogen functional groups attached to an aromatic ring is 1. The molecule has 1 saturated carbocycles. The number of hydrogen-bond donors (Lipinski definition) is 1. The molecule has 0 amide bonds. The first-order valence-electron chi connectivity index (χ1n) is 6.06. The molecule has 2 aromatic rings. The molecule has 1 aromatic heterocycles. The van der Waals surface area contributed by atoms with E-state index in [0.717, 1.165) is 17.9 Å². The number of anilines is 1. The first-order chi connectivity index (χ1) is 8.73. The highest BCUT2D eigenvalue weighted by Gasteiger charge is 2.44. The van der Waals surface area contributed by atoms with Gasteiger partial charge < -0.3 is 15.0 Å². The fourth-order valence-corrected chi connectivity index (χ4v) is 2.36. The number of ether oxygens (including phenoxy) is 1. The van der Waals surface area contributed by atoms with Crippen LogP contribution in [0.15, 0.2) is 34.9 Å². The van der Waals surface area contributed by atoms with Crippen molar-refractivity contribution in [2.24, 2.45) is 0 Å². The van der Waals surface area contributed by atoms with E-state index in [1.54, 1.807) is 13.2 Å². The molecule has 4 heteroatoms. The first kappa shape index (κ1) is 11.3. The maximum Gasteiger partial charge on any atom is 0.222 e. The summed E-state index contributed by atoms with van der Waals surface area (Å²) in [7, 11) is 1.76. The molecule has 0 spiro atoms. The highest BCUT2D eigenvalue weighted by atomic mass is 16.5. The van der Waals surface area contributed by atoms with Crippen LogP contribution in [0.3, 0.4) is 0 Å². The second-order valence-electron chi connectivity index (χ2n) is 4.91. The van der Waals surface area contributed by atoms with Crippen LogP contribution in [-0.2, 0) is 10.2 Å². The average molecular weight is 244 g/mol. The van der Waals surface area contributed by atoms with Crippen LogP contribution in [0.1, 0.15) is 18.4 Å². The van der Waals surface area contributed by atoms with Gasteiger partial charge in [-0.2, -0.15) is 0 Å². The number of rotatable bonds is 4. The van der Waals surface area contributed by atoms with Gasteiger partial charge in [0.05, 0.1) is 6.61 Å². The summed E-state index contributed by atoms with van der Waals surface area (Å²) < 4.78 is 10.2. The van der Waals surface area contributed by atoms with E-state index in [2.05, 4.69) is 29.4 Å². The van der Waals surface area contributed by atoms with Crippen molar-refractivity contribution in [3.63, 3.8) is 0 Å². The maximum absolute atomic E-state index is 5.52. The van der Waals surface area contributed by atoms with E-state index in [4.69, 9.17) is 15.0 Å². The zero-order valence-corrected chi connectivity index (χ0v) is 10.3. The summed E-state index contributed by atoms with van der Waals surface area (Å²) in [5, 5.41) is 3.91. The van der Waals surface area contributed by atoms with Gasteiger partial charge in [0.25, 0.3) is 0 Å². The van der Waals surface area contributed by atoms with Crippen LogP contribution in [0.25, 0.3) is 11.3 Å². The molecule has 1 aliphatic carbocycles. The molecule has 0 atom stereocenters. The number of hydrogen-bond acceptors (Lipinski definition) is 4. The van der Waals surface area contributed by atoms with Crippen molar-refractivity contribution in [1.29, 1.82) is 0 Å². The molecule has 3 rings (SSSR count). The third kappa shape index (κ3) is 1.88. The second-order valence-corrected chi connectivity index (χ2v) is 4.91. The fraction of sp³-hybridized carbons (Fsp3) is 0.357. The first-order valence-corrected chi connectivity index (χ1v) is 6.06. The van der Waals surface area contributed by atoms with Gasteiger partial charge >= 0.3 is 0 Å². The molecule has 94 valence electrons. The van der Waals surface area contributed by atoms with Gasteiger partial charge in [0.15, 0.2) is 0 Å². The van der Waals surface area contributed by atoms with E-state index in [0.29, 0.717) is 5.88 Å². The van der Waals surface area contributed by atoms with E-state index in [1.807, 2.05) is 0 Å². The summed E-state index contributed by atoms with van der Waals surface area (Å²) in [5.74, 6) is 0.340. The average Bonchev–Trinajstić information content (AvgIpc) is 3.04. The second kappa shape index (κ2) is 4.14. The number of benzene rings is 1. The predicted octanol–water partition coefficient (Wildman–Crippen LogP) is 2.60. The summed E-state index contributed by atoms with van der Waals surface area (Å²) in [6.07, 6.45) is 2.41. The molecular formula is C14H16N2O2. The lowest BCUT2D eigenvalue weighted by Gasteiger charge is -2.14. The molecule has 2 N–H and O–H groups in total. The van der Waals surface area contributed by atoms with Crippen molar-refractivity contribution in [3.8, 4) is 11.3 Å². The molecule has 1 heterocycles. The summed E-state index contributed by atoms with van der Waals surface area (Å²) in [5.41, 5.74) is 8.90. The molecule has 0 bridgehead atoms. The lowest BCUT2D eigenvalue weighted by Crippen LogP contribution is -2.13. The Kier molecular flexibility index (Phi) is 2.59. The van der Waals surface area contributed by atoms with Crippen LogP contribution in [0.2, 0.25) is 0 Å². The Morgan fingerprint density at radius 2 is 2.06 bits per heavy atom. The Balaban J connectivity index is 1.85. The number of methoxy groups -OCH3 is 1. The molecule has 1 aromatic carbocycles. The largest absolute Gasteiger partial charge is 0.384 e. The van der Waals surface area contributed by atoms with Gasteiger partial charge in [-0.25, -0.2) is 0 Å². The zero-order chi connectivity index (χ0) is 12.6. The Hall–Kier alpha value is -1.81. The fourth-order valence-electron chi connectivity index (χ4n) is 2.36. The van der Waals surface area contributed by atoms with Crippen molar-refractivity contribution in [3.05, 3.63) is 35.9 Å². The summed E-state index contributed by atoms with van der Waals surface area (Å²) in [4.78, 5) is 0. The Labute approximate surface area is 106 Å². The molecule has 18 heavy (non-hydrogen) atoms. The van der Waals surface area contributed by atoms with Crippen LogP contribution < -0.4 is 5.73 Å². The van der Waals surface area contributed by atoms with Crippen molar-refractivity contribution in [1.82, 2.24) is 5.16 Å². The van der Waals surface area contributed by atoms with Crippen molar-refractivity contribution >= 4 is 5.88 Å². The zero-order valence-electron chi connectivity index (χ0n) is 10.3. The number of nitrogens with zero attached hydrogens (tertiary/aromatic N) is 1. The summed E-state index contributed by atoms with van der Waals surface area (Å²) in [6.45, 7) is 0.795. The van der Waals surface area contributed by atoms with E-state index in [9.17, 15) is 0 Å². The Morgan fingerprint density at radius 1 is 1.33 bits per heavy atom. The molecule has 1 fully saturated rings. The van der Waals surface area contributed by atoms with E-state index >= 15 is 0 Å². The van der Waals surface area contributed by atoms with Crippen molar-refractivity contribution in [2.45, 2.75) is 18.3 Å². The third-order valence-corrected chi connectivity index (χ3v) is 3.60. The molecule has 1 aliphatic rings. The standard InChI is InChI=1S/C14H16N2O2/c1-17-9-14(6-7-14)11-4-2-10(3-5-11)12-8-13(15)18-16-12/h2-5,8H,6-7,9,15H2,1H3. The Morgan fingerprint density at radius 3 is 2.56 bits per heavy atom. The molecule has 0 saturated heterocycles. The SMILES string of the molecule is COCC1(c2ccc(-c3cc(N)on3)cc2)CC1. The highest BCUT2D eigenvalue weighted by Crippen LogP contribution is 2.48. The van der Waals surface area contributed by atoms with Gasteiger partial charge in [-0.15, -0.1) is 0 Å². The van der Waals surface area contributed by atoms with Gasteiger partial charge in [0.2, 0.25) is 5.88 Å². The van der Waals surface area contributed by atoms with Crippen LogP contribution in [0.5, 0.6) is 0 Å². The molecule has 4 nitrogen and oxygen atoms in total. The van der Waals surface area contributed by atoms with Gasteiger partial charge in [-0.05, 0) is 18.4 Å². The minimum Gasteiger partial charge on any atom is -0.384 e. The summed E-state index contributed by atoms with van der Waals surface area (Å²) >= 11 is 0. The van der Waals surface area contributed by atoms with E-state index in [1.165, 1.54) is 18.4 Å². The van der Waals surface area contributed by atoms with Gasteiger partial charge in [0.1, 0.15) is 5.69 Å². The Bertz CT molecular complexity index is 541. The topological polar surface area (TPSA) is 61.3 Å². The van der Waals surface area contributed by atoms with E-state index < -0.39 is 0 Å². The highest BCUT2D eigenvalue weighted by molar-refractivity contribution is 5.61. The molecule has 0 radical (unpaired) electrons. The van der Waals surface area contributed by atoms with Crippen LogP contribution in [-0.4, -0.2) is 18.9 Å². The third-order valence-electron chi connectivity index (χ3n) is 3.60. The van der Waals surface area contributed by atoms with E-state index in [-0.39, 0.29) is 5.41 Å². The van der Waals surface area contributed by atoms with Crippen LogP contribution in [0, 0.1) is 0 Å². The smallest absolute Gasteiger partial charge is 0.222 e. The summed E-state index contributed by atoms with van der Waals surface area (Å²) in [6, 6.07) is 10.1. The van der Waals surface area contributed by atoms with Gasteiger partial charge in [0, 0.05) is 24.2 Å². The minimum atomic E-state index is 0.246. The van der Waals surface area contributed by atoms with Crippen LogP contribution in [0.4, 0.5) is 5.88 Å². The quantitative estimate of drug-likeness (QED) is 0.898. The number of nitrogens with two attached hydrogens (primary N) is 1. The lowest BCUT2D eigenvalue weighted by molar-refractivity contribution is 0.171. The number of aromatic nitrogens is 1. The lowest BCUT2D eigenvalue weighted by atomic mass is 9.95.